The minimum atomic E-state index is 0.787. The maximum atomic E-state index is 4.35. The fourth-order valence-corrected chi connectivity index (χ4v) is 1.35. The summed E-state index contributed by atoms with van der Waals surface area (Å²) in [5, 5.41) is 0. The van der Waals surface area contributed by atoms with E-state index in [-0.39, 0.29) is 0 Å². The van der Waals surface area contributed by atoms with Crippen molar-refractivity contribution in [1.29, 1.82) is 0 Å². The molecule has 0 aliphatic rings. The van der Waals surface area contributed by atoms with Crippen LogP contribution in [0.25, 0.3) is 11.8 Å². The summed E-state index contributed by atoms with van der Waals surface area (Å²) in [6.07, 6.45) is 8.54. The number of aliphatic imine (C=N–C) groups is 1. The predicted octanol–water partition coefficient (Wildman–Crippen LogP) is 3.90. The van der Waals surface area contributed by atoms with E-state index in [1.165, 1.54) is 0 Å². The van der Waals surface area contributed by atoms with Crippen LogP contribution in [0.5, 0.6) is 0 Å². The lowest BCUT2D eigenvalue weighted by atomic mass is 10.1. The van der Waals surface area contributed by atoms with E-state index >= 15 is 0 Å². The van der Waals surface area contributed by atoms with Crippen molar-refractivity contribution < 1.29 is 0 Å². The molecular weight excluding hydrogens is 208 g/mol. The summed E-state index contributed by atoms with van der Waals surface area (Å²) in [6, 6.07) is 3.83. The average molecular weight is 224 g/mol. The van der Waals surface area contributed by atoms with Crippen LogP contribution in [0.2, 0.25) is 0 Å². The zero-order chi connectivity index (χ0) is 12.7. The average Bonchev–Trinajstić information content (AvgIpc) is 2.39. The second-order valence-corrected chi connectivity index (χ2v) is 3.39. The molecule has 0 saturated heterocycles. The van der Waals surface area contributed by atoms with Crippen LogP contribution in [0, 0.1) is 0 Å². The van der Waals surface area contributed by atoms with E-state index in [9.17, 15) is 0 Å². The van der Waals surface area contributed by atoms with Gasteiger partial charge in [-0.3, -0.25) is 9.98 Å². The molecule has 1 aromatic heterocycles. The molecule has 0 aliphatic carbocycles. The Labute approximate surface area is 102 Å². The molecule has 0 fully saturated rings. The van der Waals surface area contributed by atoms with Gasteiger partial charge in [0.15, 0.2) is 0 Å². The van der Waals surface area contributed by atoms with Crippen LogP contribution in [0.1, 0.15) is 18.2 Å². The number of hydrogen-bond acceptors (Lipinski definition) is 2. The monoisotopic (exact) mass is 224 g/mol. The number of allylic oxidation sites excluding steroid dienone is 3. The molecule has 0 bridgehead atoms. The van der Waals surface area contributed by atoms with Gasteiger partial charge in [0.1, 0.15) is 0 Å². The van der Waals surface area contributed by atoms with E-state index in [4.69, 9.17) is 0 Å². The second kappa shape index (κ2) is 6.38. The largest absolute Gasteiger partial charge is 0.254 e. The number of nitrogens with zero attached hydrogens (tertiary/aromatic N) is 2. The zero-order valence-electron chi connectivity index (χ0n) is 10.1. The van der Waals surface area contributed by atoms with Gasteiger partial charge in [0.2, 0.25) is 0 Å². The van der Waals surface area contributed by atoms with Crippen molar-refractivity contribution in [1.82, 2.24) is 4.98 Å². The van der Waals surface area contributed by atoms with E-state index < -0.39 is 0 Å². The standard InChI is InChI=1S/C15H16N2/c1-5-10-16-14(12(4)6-2)15-13(7-3)9-8-11-17-15/h5-11H,1-3H2,4H3/b14-12-,16-10-. The van der Waals surface area contributed by atoms with Crippen LogP contribution in [0.4, 0.5) is 0 Å². The summed E-state index contributed by atoms with van der Waals surface area (Å²) in [6.45, 7) is 13.1. The topological polar surface area (TPSA) is 25.2 Å². The Morgan fingerprint density at radius 3 is 2.71 bits per heavy atom. The van der Waals surface area contributed by atoms with Crippen LogP contribution in [0.3, 0.4) is 0 Å². The van der Waals surface area contributed by atoms with E-state index in [0.717, 1.165) is 22.5 Å². The Balaban J connectivity index is 3.42. The van der Waals surface area contributed by atoms with E-state index in [1.54, 1.807) is 30.6 Å². The number of rotatable bonds is 5. The molecule has 0 atom stereocenters. The molecule has 0 aliphatic heterocycles. The van der Waals surface area contributed by atoms with E-state index in [1.807, 2.05) is 19.1 Å². The SMILES string of the molecule is C=C/C=N\C(=C(\C)C=C)c1ncccc1C=C. The Bertz CT molecular complexity index is 493. The molecule has 1 rings (SSSR count). The van der Waals surface area contributed by atoms with Gasteiger partial charge in [-0.15, -0.1) is 0 Å². The van der Waals surface area contributed by atoms with Crippen molar-refractivity contribution in [2.75, 3.05) is 0 Å². The third kappa shape index (κ3) is 3.11. The van der Waals surface area contributed by atoms with Crippen LogP contribution in [-0.4, -0.2) is 11.2 Å². The lowest BCUT2D eigenvalue weighted by molar-refractivity contribution is 1.23. The van der Waals surface area contributed by atoms with E-state index in [0.29, 0.717) is 0 Å². The normalized spacial score (nSPS) is 12.1. The molecule has 2 nitrogen and oxygen atoms in total. The van der Waals surface area contributed by atoms with Crippen molar-refractivity contribution in [2.24, 2.45) is 4.99 Å². The summed E-state index contributed by atoms with van der Waals surface area (Å²) >= 11 is 0. The van der Waals surface area contributed by atoms with Gasteiger partial charge in [-0.25, -0.2) is 0 Å². The molecular formula is C15H16N2. The first-order chi connectivity index (χ1) is 8.24. The second-order valence-electron chi connectivity index (χ2n) is 3.39. The van der Waals surface area contributed by atoms with Gasteiger partial charge in [0.25, 0.3) is 0 Å². The summed E-state index contributed by atoms with van der Waals surface area (Å²) in [4.78, 5) is 8.69. The van der Waals surface area contributed by atoms with Gasteiger partial charge in [0, 0.05) is 18.0 Å². The van der Waals surface area contributed by atoms with Gasteiger partial charge < -0.3 is 0 Å². The maximum absolute atomic E-state index is 4.35. The Kier molecular flexibility index (Phi) is 4.82. The molecule has 17 heavy (non-hydrogen) atoms. The summed E-state index contributed by atoms with van der Waals surface area (Å²) in [5.41, 5.74) is 3.50. The fourth-order valence-electron chi connectivity index (χ4n) is 1.35. The molecule has 2 heteroatoms. The van der Waals surface area contributed by atoms with Crippen LogP contribution < -0.4 is 0 Å². The first kappa shape index (κ1) is 12.8. The third-order valence-corrected chi connectivity index (χ3v) is 2.27. The highest BCUT2D eigenvalue weighted by Gasteiger charge is 2.07. The maximum Gasteiger partial charge on any atom is 0.0960 e. The highest BCUT2D eigenvalue weighted by atomic mass is 14.8. The van der Waals surface area contributed by atoms with Gasteiger partial charge >= 0.3 is 0 Å². The van der Waals surface area contributed by atoms with Crippen molar-refractivity contribution >= 4 is 18.0 Å². The summed E-state index contributed by atoms with van der Waals surface area (Å²) in [7, 11) is 0. The molecule has 0 amide bonds. The van der Waals surface area contributed by atoms with Crippen LogP contribution >= 0.6 is 0 Å². The van der Waals surface area contributed by atoms with Crippen molar-refractivity contribution in [3.63, 3.8) is 0 Å². The van der Waals surface area contributed by atoms with Crippen molar-refractivity contribution in [3.8, 4) is 0 Å². The third-order valence-electron chi connectivity index (χ3n) is 2.27. The number of aromatic nitrogens is 1. The molecule has 0 N–H and O–H groups in total. The minimum Gasteiger partial charge on any atom is -0.254 e. The lowest BCUT2D eigenvalue weighted by Gasteiger charge is -2.07. The summed E-state index contributed by atoms with van der Waals surface area (Å²) in [5.74, 6) is 0. The Morgan fingerprint density at radius 2 is 2.12 bits per heavy atom. The number of hydrogen-bond donors (Lipinski definition) is 0. The molecule has 1 heterocycles. The lowest BCUT2D eigenvalue weighted by Crippen LogP contribution is -1.93. The molecule has 0 unspecified atom stereocenters. The molecule has 0 saturated carbocycles. The zero-order valence-corrected chi connectivity index (χ0v) is 10.1. The van der Waals surface area contributed by atoms with Crippen molar-refractivity contribution in [3.05, 3.63) is 67.0 Å². The summed E-state index contributed by atoms with van der Waals surface area (Å²) < 4.78 is 0. The van der Waals surface area contributed by atoms with Gasteiger partial charge in [-0.2, -0.15) is 0 Å². The van der Waals surface area contributed by atoms with Gasteiger partial charge in [0.05, 0.1) is 11.4 Å². The Morgan fingerprint density at radius 1 is 1.35 bits per heavy atom. The first-order valence-electron chi connectivity index (χ1n) is 5.30. The highest BCUT2D eigenvalue weighted by Crippen LogP contribution is 2.22. The molecule has 0 radical (unpaired) electrons. The van der Waals surface area contributed by atoms with Gasteiger partial charge in [-0.1, -0.05) is 44.0 Å². The van der Waals surface area contributed by atoms with Crippen LogP contribution in [-0.2, 0) is 0 Å². The first-order valence-corrected chi connectivity index (χ1v) is 5.30. The molecule has 1 aromatic rings. The Hall–Kier alpha value is -2.22. The number of pyridine rings is 1. The van der Waals surface area contributed by atoms with Crippen molar-refractivity contribution in [2.45, 2.75) is 6.92 Å². The highest BCUT2D eigenvalue weighted by molar-refractivity contribution is 5.82. The molecule has 0 aromatic carbocycles. The quantitative estimate of drug-likeness (QED) is 0.550. The smallest absolute Gasteiger partial charge is 0.0960 e. The molecule has 86 valence electrons. The van der Waals surface area contributed by atoms with E-state index in [2.05, 4.69) is 29.7 Å². The van der Waals surface area contributed by atoms with Gasteiger partial charge in [-0.05, 0) is 18.6 Å². The minimum absolute atomic E-state index is 0.787. The van der Waals surface area contributed by atoms with Crippen LogP contribution in [0.15, 0.2) is 60.8 Å². The predicted molar refractivity (Wildman–Crippen MR) is 75.8 cm³/mol. The fraction of sp³-hybridized carbons (Fsp3) is 0.0667. The molecule has 0 spiro atoms.